The lowest BCUT2D eigenvalue weighted by molar-refractivity contribution is -0.122. The molecule has 1 saturated heterocycles. The molecule has 1 fully saturated rings. The molecule has 1 atom stereocenters. The fourth-order valence-corrected chi connectivity index (χ4v) is 3.69. The van der Waals surface area contributed by atoms with Crippen LogP contribution >= 0.6 is 11.6 Å². The highest BCUT2D eigenvalue weighted by Crippen LogP contribution is 2.30. The Kier molecular flexibility index (Phi) is 5.97. The van der Waals surface area contributed by atoms with Gasteiger partial charge in [0.25, 0.3) is 11.8 Å². The summed E-state index contributed by atoms with van der Waals surface area (Å²) in [5, 5.41) is 2.74. The zero-order valence-corrected chi connectivity index (χ0v) is 18.3. The largest absolute Gasteiger partial charge is 0.457 e. The first kappa shape index (κ1) is 21.6. The highest BCUT2D eigenvalue weighted by molar-refractivity contribution is 6.39. The third-order valence-corrected chi connectivity index (χ3v) is 5.82. The summed E-state index contributed by atoms with van der Waals surface area (Å²) in [5.74, 6) is -0.341. The summed E-state index contributed by atoms with van der Waals surface area (Å²) in [7, 11) is 0. The molecule has 3 aromatic rings. The summed E-state index contributed by atoms with van der Waals surface area (Å²) in [6, 6.07) is 16.9. The molecule has 32 heavy (non-hydrogen) atoms. The number of halogens is 1. The Morgan fingerprint density at radius 2 is 1.75 bits per heavy atom. The van der Waals surface area contributed by atoms with Crippen LogP contribution in [0.1, 0.15) is 37.5 Å². The monoisotopic (exact) mass is 448 g/mol. The second-order valence-electron chi connectivity index (χ2n) is 7.54. The number of anilines is 1. The number of carbonyl (C=O) groups is 3. The molecule has 0 spiro atoms. The highest BCUT2D eigenvalue weighted by Gasteiger charge is 2.37. The molecule has 1 N–H and O–H groups in total. The fourth-order valence-electron chi connectivity index (χ4n) is 3.46. The molecule has 2 aromatic carbocycles. The smallest absolute Gasteiger partial charge is 0.335 e. The number of nitrogens with one attached hydrogen (secondary N) is 1. The lowest BCUT2D eigenvalue weighted by Gasteiger charge is -2.26. The van der Waals surface area contributed by atoms with Crippen molar-refractivity contribution >= 4 is 41.2 Å². The number of hydrogen-bond acceptors (Lipinski definition) is 4. The third kappa shape index (κ3) is 4.09. The maximum Gasteiger partial charge on any atom is 0.335 e. The van der Waals surface area contributed by atoms with Crippen LogP contribution in [0.15, 0.2) is 70.7 Å². The van der Waals surface area contributed by atoms with Crippen molar-refractivity contribution < 1.29 is 18.8 Å². The Balaban J connectivity index is 1.64. The molecule has 1 aromatic heterocycles. The summed E-state index contributed by atoms with van der Waals surface area (Å²) in [5.41, 5.74) is 1.98. The predicted octanol–water partition coefficient (Wildman–Crippen LogP) is 5.78. The van der Waals surface area contributed by atoms with Gasteiger partial charge in [-0.1, -0.05) is 49.7 Å². The van der Waals surface area contributed by atoms with E-state index in [-0.39, 0.29) is 5.57 Å². The lowest BCUT2D eigenvalue weighted by Crippen LogP contribution is -2.54. The van der Waals surface area contributed by atoms with Gasteiger partial charge in [-0.2, -0.15) is 0 Å². The number of furan rings is 1. The maximum absolute atomic E-state index is 13.1. The first-order chi connectivity index (χ1) is 15.4. The van der Waals surface area contributed by atoms with E-state index in [0.717, 1.165) is 16.9 Å². The number of benzene rings is 2. The second kappa shape index (κ2) is 8.85. The van der Waals surface area contributed by atoms with Gasteiger partial charge in [0, 0.05) is 5.56 Å². The molecular formula is C25H21ClN2O4. The van der Waals surface area contributed by atoms with Gasteiger partial charge in [0.05, 0.1) is 10.7 Å². The molecule has 4 rings (SSSR count). The summed E-state index contributed by atoms with van der Waals surface area (Å²) in [6.45, 7) is 4.20. The van der Waals surface area contributed by atoms with Crippen molar-refractivity contribution in [2.24, 2.45) is 0 Å². The van der Waals surface area contributed by atoms with Crippen molar-refractivity contribution in [3.8, 4) is 11.3 Å². The summed E-state index contributed by atoms with van der Waals surface area (Å²) < 4.78 is 5.78. The van der Waals surface area contributed by atoms with Gasteiger partial charge in [-0.05, 0) is 60.4 Å². The zero-order valence-electron chi connectivity index (χ0n) is 17.6. The topological polar surface area (TPSA) is 79.6 Å². The standard InChI is InChI=1S/C25H21ClN2O4/c1-3-15(2)16-8-10-17(11-9-16)28-24(30)20(23(29)27-25(28)31)14-18-12-13-22(32-18)19-6-4-5-7-21(19)26/h4-15H,3H2,1-2H3,(H,27,29,31). The van der Waals surface area contributed by atoms with E-state index >= 15 is 0 Å². The molecule has 0 bridgehead atoms. The number of imide groups is 2. The number of rotatable bonds is 5. The van der Waals surface area contributed by atoms with Gasteiger partial charge in [-0.15, -0.1) is 0 Å². The van der Waals surface area contributed by atoms with E-state index in [4.69, 9.17) is 16.0 Å². The number of nitrogens with zero attached hydrogens (tertiary/aromatic N) is 1. The molecule has 0 saturated carbocycles. The van der Waals surface area contributed by atoms with Crippen LogP contribution in [0.4, 0.5) is 10.5 Å². The fraction of sp³-hybridized carbons (Fsp3) is 0.160. The van der Waals surface area contributed by atoms with Crippen LogP contribution in [0.2, 0.25) is 5.02 Å². The van der Waals surface area contributed by atoms with Crippen LogP contribution in [0, 0.1) is 0 Å². The Hall–Kier alpha value is -3.64. The van der Waals surface area contributed by atoms with E-state index in [9.17, 15) is 14.4 Å². The van der Waals surface area contributed by atoms with Crippen LogP contribution in [0.5, 0.6) is 0 Å². The Morgan fingerprint density at radius 3 is 2.44 bits per heavy atom. The molecular weight excluding hydrogens is 428 g/mol. The number of hydrogen-bond donors (Lipinski definition) is 1. The predicted molar refractivity (Wildman–Crippen MR) is 123 cm³/mol. The first-order valence-corrected chi connectivity index (χ1v) is 10.6. The Labute approximate surface area is 190 Å². The molecule has 7 heteroatoms. The van der Waals surface area contributed by atoms with Crippen LogP contribution in [0.25, 0.3) is 17.4 Å². The second-order valence-corrected chi connectivity index (χ2v) is 7.95. The van der Waals surface area contributed by atoms with E-state index in [0.29, 0.717) is 33.7 Å². The maximum atomic E-state index is 13.1. The van der Waals surface area contributed by atoms with E-state index in [2.05, 4.69) is 19.2 Å². The quantitative estimate of drug-likeness (QED) is 0.396. The minimum atomic E-state index is -0.787. The van der Waals surface area contributed by atoms with Gasteiger partial charge >= 0.3 is 6.03 Å². The molecule has 4 amide bonds. The van der Waals surface area contributed by atoms with E-state index in [1.54, 1.807) is 36.4 Å². The number of barbiturate groups is 1. The van der Waals surface area contributed by atoms with Crippen molar-refractivity contribution in [2.45, 2.75) is 26.2 Å². The number of urea groups is 1. The van der Waals surface area contributed by atoms with Gasteiger partial charge < -0.3 is 4.42 Å². The van der Waals surface area contributed by atoms with Gasteiger partial charge in [0.15, 0.2) is 0 Å². The van der Waals surface area contributed by atoms with Crippen molar-refractivity contribution in [2.75, 3.05) is 4.90 Å². The van der Waals surface area contributed by atoms with Crippen LogP contribution < -0.4 is 10.2 Å². The molecule has 6 nitrogen and oxygen atoms in total. The minimum Gasteiger partial charge on any atom is -0.457 e. The Bertz CT molecular complexity index is 1230. The van der Waals surface area contributed by atoms with Gasteiger partial charge in [-0.25, -0.2) is 9.69 Å². The van der Waals surface area contributed by atoms with Crippen molar-refractivity contribution in [1.82, 2.24) is 5.32 Å². The van der Waals surface area contributed by atoms with Crippen LogP contribution in [-0.4, -0.2) is 17.8 Å². The van der Waals surface area contributed by atoms with Crippen molar-refractivity contribution in [3.63, 3.8) is 0 Å². The van der Waals surface area contributed by atoms with Crippen molar-refractivity contribution in [3.05, 3.63) is 82.6 Å². The molecule has 162 valence electrons. The molecule has 1 unspecified atom stereocenters. The zero-order chi connectivity index (χ0) is 22.8. The third-order valence-electron chi connectivity index (χ3n) is 5.49. The van der Waals surface area contributed by atoms with Crippen LogP contribution in [-0.2, 0) is 9.59 Å². The van der Waals surface area contributed by atoms with E-state index in [1.165, 1.54) is 6.08 Å². The molecule has 0 aliphatic carbocycles. The minimum absolute atomic E-state index is 0.198. The molecule has 0 radical (unpaired) electrons. The summed E-state index contributed by atoms with van der Waals surface area (Å²) in [4.78, 5) is 38.8. The average Bonchev–Trinajstić information content (AvgIpc) is 3.25. The Morgan fingerprint density at radius 1 is 1.03 bits per heavy atom. The molecule has 2 heterocycles. The number of carbonyl (C=O) groups excluding carboxylic acids is 3. The van der Waals surface area contributed by atoms with Gasteiger partial charge in [0.2, 0.25) is 0 Å². The highest BCUT2D eigenvalue weighted by atomic mass is 35.5. The lowest BCUT2D eigenvalue weighted by atomic mass is 9.98. The van der Waals surface area contributed by atoms with E-state index in [1.807, 2.05) is 24.3 Å². The SMILES string of the molecule is CCC(C)c1ccc(N2C(=O)NC(=O)C(=Cc3ccc(-c4ccccc4Cl)o3)C2=O)cc1. The van der Waals surface area contributed by atoms with Crippen LogP contribution in [0.3, 0.4) is 0 Å². The van der Waals surface area contributed by atoms with Gasteiger partial charge in [0.1, 0.15) is 17.1 Å². The average molecular weight is 449 g/mol. The molecule has 1 aliphatic heterocycles. The first-order valence-electron chi connectivity index (χ1n) is 10.2. The number of amides is 4. The van der Waals surface area contributed by atoms with Gasteiger partial charge in [-0.3, -0.25) is 14.9 Å². The normalized spacial score (nSPS) is 16.4. The summed E-state index contributed by atoms with van der Waals surface area (Å²) >= 11 is 6.21. The van der Waals surface area contributed by atoms with Crippen molar-refractivity contribution in [1.29, 1.82) is 0 Å². The van der Waals surface area contributed by atoms with E-state index < -0.39 is 17.8 Å². The molecule has 1 aliphatic rings. The summed E-state index contributed by atoms with van der Waals surface area (Å²) in [6.07, 6.45) is 2.30.